The van der Waals surface area contributed by atoms with Crippen LogP contribution in [0.25, 0.3) is 0 Å². The fraction of sp³-hybridized carbons (Fsp3) is 0.933. The van der Waals surface area contributed by atoms with Crippen LogP contribution >= 0.6 is 0 Å². The van der Waals surface area contributed by atoms with E-state index in [0.29, 0.717) is 52.6 Å². The van der Waals surface area contributed by atoms with Crippen LogP contribution in [0.2, 0.25) is 0 Å². The number of ether oxygens (including phenoxy) is 4. The van der Waals surface area contributed by atoms with Crippen LogP contribution in [0.3, 0.4) is 0 Å². The molecule has 0 bridgehead atoms. The van der Waals surface area contributed by atoms with Gasteiger partial charge in [0, 0.05) is 51.9 Å². The van der Waals surface area contributed by atoms with Crippen molar-refractivity contribution in [1.82, 2.24) is 9.80 Å². The number of rotatable bonds is 0. The second-order valence-electron chi connectivity index (χ2n) is 6.47. The fourth-order valence-corrected chi connectivity index (χ4v) is 3.85. The van der Waals surface area contributed by atoms with Crippen molar-refractivity contribution in [2.24, 2.45) is 0 Å². The minimum atomic E-state index is -0.422. The van der Waals surface area contributed by atoms with Gasteiger partial charge in [-0.2, -0.15) is 0 Å². The fourth-order valence-electron chi connectivity index (χ4n) is 3.85. The van der Waals surface area contributed by atoms with E-state index >= 15 is 0 Å². The molecule has 0 N–H and O–H groups in total. The molecule has 0 saturated carbocycles. The van der Waals surface area contributed by atoms with Crippen LogP contribution < -0.4 is 0 Å². The summed E-state index contributed by atoms with van der Waals surface area (Å²) in [4.78, 5) is 16.5. The first-order valence-electron chi connectivity index (χ1n) is 8.30. The maximum atomic E-state index is 12.6. The van der Waals surface area contributed by atoms with Crippen molar-refractivity contribution in [3.8, 4) is 0 Å². The maximum absolute atomic E-state index is 12.6. The van der Waals surface area contributed by atoms with Gasteiger partial charge < -0.3 is 28.7 Å². The molecule has 7 heteroatoms. The third-order valence-corrected chi connectivity index (χ3v) is 5.22. The average Bonchev–Trinajstić information content (AvgIpc) is 3.19. The summed E-state index contributed by atoms with van der Waals surface area (Å²) in [6.07, 6.45) is 3.07. The molecule has 0 atom stereocenters. The standard InChI is InChI=1S/C15H24N2O5/c18-13(16-5-1-14(2-6-16)19-9-10-20-14)17-7-3-15(4-8-17)21-11-12-22-15/h1-12H2. The van der Waals surface area contributed by atoms with Gasteiger partial charge in [0.25, 0.3) is 0 Å². The molecule has 124 valence electrons. The molecule has 22 heavy (non-hydrogen) atoms. The third kappa shape index (κ3) is 2.60. The smallest absolute Gasteiger partial charge is 0.320 e. The minimum absolute atomic E-state index is 0.126. The van der Waals surface area contributed by atoms with E-state index in [2.05, 4.69) is 0 Å². The number of carbonyl (C=O) groups is 1. The van der Waals surface area contributed by atoms with Gasteiger partial charge in [0.1, 0.15) is 0 Å². The summed E-state index contributed by atoms with van der Waals surface area (Å²) in [5.74, 6) is -0.845. The van der Waals surface area contributed by atoms with E-state index in [4.69, 9.17) is 18.9 Å². The third-order valence-electron chi connectivity index (χ3n) is 5.22. The second kappa shape index (κ2) is 5.63. The Morgan fingerprint density at radius 2 is 0.955 bits per heavy atom. The van der Waals surface area contributed by atoms with Crippen LogP contribution in [-0.2, 0) is 18.9 Å². The highest BCUT2D eigenvalue weighted by molar-refractivity contribution is 5.74. The number of hydrogen-bond donors (Lipinski definition) is 0. The van der Waals surface area contributed by atoms with Gasteiger partial charge in [-0.25, -0.2) is 4.79 Å². The largest absolute Gasteiger partial charge is 0.347 e. The Kier molecular flexibility index (Phi) is 3.76. The molecule has 2 amide bonds. The zero-order chi connectivity index (χ0) is 15.0. The van der Waals surface area contributed by atoms with Crippen LogP contribution in [0.5, 0.6) is 0 Å². The number of amides is 2. The van der Waals surface area contributed by atoms with Crippen LogP contribution in [0.15, 0.2) is 0 Å². The molecular formula is C15H24N2O5. The quantitative estimate of drug-likeness (QED) is 0.662. The summed E-state index contributed by atoms with van der Waals surface area (Å²) < 4.78 is 22.8. The van der Waals surface area contributed by atoms with E-state index in [9.17, 15) is 4.79 Å². The zero-order valence-corrected chi connectivity index (χ0v) is 12.9. The van der Waals surface area contributed by atoms with Gasteiger partial charge in [0.05, 0.1) is 26.4 Å². The highest BCUT2D eigenvalue weighted by atomic mass is 16.7. The Morgan fingerprint density at radius 1 is 0.636 bits per heavy atom. The summed E-state index contributed by atoms with van der Waals surface area (Å²) in [5, 5.41) is 0. The molecule has 0 radical (unpaired) electrons. The van der Waals surface area contributed by atoms with E-state index in [1.54, 1.807) is 0 Å². The molecule has 4 aliphatic rings. The first-order chi connectivity index (χ1) is 10.7. The van der Waals surface area contributed by atoms with Gasteiger partial charge >= 0.3 is 6.03 Å². The van der Waals surface area contributed by atoms with Gasteiger partial charge in [-0.1, -0.05) is 0 Å². The topological polar surface area (TPSA) is 60.5 Å². The van der Waals surface area contributed by atoms with Gasteiger partial charge in [-0.3, -0.25) is 0 Å². The summed E-state index contributed by atoms with van der Waals surface area (Å²) in [6, 6.07) is 0.126. The van der Waals surface area contributed by atoms with Crippen molar-refractivity contribution in [2.75, 3.05) is 52.6 Å². The predicted octanol–water partition coefficient (Wildman–Crippen LogP) is 0.784. The molecule has 4 fully saturated rings. The number of nitrogens with zero attached hydrogens (tertiary/aromatic N) is 2. The molecule has 0 aromatic rings. The lowest BCUT2D eigenvalue weighted by molar-refractivity contribution is -0.186. The number of carbonyl (C=O) groups excluding carboxylic acids is 1. The van der Waals surface area contributed by atoms with Crippen LogP contribution in [0.1, 0.15) is 25.7 Å². The van der Waals surface area contributed by atoms with Crippen LogP contribution in [-0.4, -0.2) is 80.0 Å². The monoisotopic (exact) mass is 312 g/mol. The van der Waals surface area contributed by atoms with Crippen molar-refractivity contribution >= 4 is 6.03 Å². The Labute approximate surface area is 130 Å². The van der Waals surface area contributed by atoms with Gasteiger partial charge in [-0.15, -0.1) is 0 Å². The SMILES string of the molecule is O=C(N1CCC2(CC1)OCCO2)N1CCC2(CC1)OCCO2. The van der Waals surface area contributed by atoms with Crippen molar-refractivity contribution in [3.63, 3.8) is 0 Å². The molecule has 4 aliphatic heterocycles. The summed E-state index contributed by atoms with van der Waals surface area (Å²) in [6.45, 7) is 5.48. The Hall–Kier alpha value is -0.890. The van der Waals surface area contributed by atoms with Gasteiger partial charge in [0.15, 0.2) is 11.6 Å². The molecule has 0 aromatic heterocycles. The molecular weight excluding hydrogens is 288 g/mol. The van der Waals surface area contributed by atoms with E-state index in [1.807, 2.05) is 9.80 Å². The van der Waals surface area contributed by atoms with E-state index < -0.39 is 11.6 Å². The Balaban J connectivity index is 1.30. The zero-order valence-electron chi connectivity index (χ0n) is 12.9. The highest BCUT2D eigenvalue weighted by Crippen LogP contribution is 2.34. The minimum Gasteiger partial charge on any atom is -0.347 e. The molecule has 4 heterocycles. The molecule has 7 nitrogen and oxygen atoms in total. The van der Waals surface area contributed by atoms with Crippen LogP contribution in [0.4, 0.5) is 4.79 Å². The Bertz CT molecular complexity index is 374. The lowest BCUT2D eigenvalue weighted by atomic mass is 10.0. The van der Waals surface area contributed by atoms with Crippen molar-refractivity contribution in [1.29, 1.82) is 0 Å². The van der Waals surface area contributed by atoms with Gasteiger partial charge in [-0.05, 0) is 0 Å². The van der Waals surface area contributed by atoms with Gasteiger partial charge in [0.2, 0.25) is 0 Å². The maximum Gasteiger partial charge on any atom is 0.320 e. The molecule has 2 spiro atoms. The van der Waals surface area contributed by atoms with Crippen molar-refractivity contribution in [2.45, 2.75) is 37.3 Å². The number of piperidine rings is 2. The second-order valence-corrected chi connectivity index (χ2v) is 6.47. The number of likely N-dealkylation sites (tertiary alicyclic amines) is 2. The molecule has 0 aromatic carbocycles. The first kappa shape index (κ1) is 14.7. The average molecular weight is 312 g/mol. The molecule has 0 aliphatic carbocycles. The van der Waals surface area contributed by atoms with E-state index in [-0.39, 0.29) is 6.03 Å². The van der Waals surface area contributed by atoms with Crippen molar-refractivity contribution in [3.05, 3.63) is 0 Å². The normalized spacial score (nSPS) is 30.4. The first-order valence-corrected chi connectivity index (χ1v) is 8.30. The summed E-state index contributed by atoms with van der Waals surface area (Å²) >= 11 is 0. The highest BCUT2D eigenvalue weighted by Gasteiger charge is 2.44. The van der Waals surface area contributed by atoms with E-state index in [1.165, 1.54) is 0 Å². The van der Waals surface area contributed by atoms with Crippen LogP contribution in [0, 0.1) is 0 Å². The molecule has 4 rings (SSSR count). The molecule has 0 unspecified atom stereocenters. The lowest BCUT2D eigenvalue weighted by Gasteiger charge is -2.42. The number of urea groups is 1. The summed E-state index contributed by atoms with van der Waals surface area (Å²) in [5.41, 5.74) is 0. The predicted molar refractivity (Wildman–Crippen MR) is 76.3 cm³/mol. The Morgan fingerprint density at radius 3 is 1.27 bits per heavy atom. The summed E-state index contributed by atoms with van der Waals surface area (Å²) in [7, 11) is 0. The number of hydrogen-bond acceptors (Lipinski definition) is 5. The molecule has 4 saturated heterocycles. The van der Waals surface area contributed by atoms with E-state index in [0.717, 1.165) is 25.7 Å². The van der Waals surface area contributed by atoms with Crippen molar-refractivity contribution < 1.29 is 23.7 Å². The lowest BCUT2D eigenvalue weighted by Crippen LogP contribution is -2.55.